The summed E-state index contributed by atoms with van der Waals surface area (Å²) in [6.07, 6.45) is -2.29. The maximum absolute atomic E-state index is 13.5. The first kappa shape index (κ1) is 29.5. The van der Waals surface area contributed by atoms with Gasteiger partial charge in [0, 0.05) is 18.2 Å². The van der Waals surface area contributed by atoms with E-state index in [1.807, 2.05) is 57.6 Å². The van der Waals surface area contributed by atoms with Gasteiger partial charge < -0.3 is 10.1 Å². The molecule has 10 heteroatoms. The number of benzene rings is 2. The van der Waals surface area contributed by atoms with Crippen molar-refractivity contribution in [3.8, 4) is 5.75 Å². The normalized spacial score (nSPS) is 19.8. The van der Waals surface area contributed by atoms with Crippen LogP contribution in [0.1, 0.15) is 69.8 Å². The first-order valence-corrected chi connectivity index (χ1v) is 12.4. The quantitative estimate of drug-likeness (QED) is 0.359. The zero-order chi connectivity index (χ0) is 27.0. The first-order chi connectivity index (χ1) is 17.3. The molecule has 206 valence electrons. The molecule has 2 heterocycles. The van der Waals surface area contributed by atoms with E-state index in [4.69, 9.17) is 9.84 Å². The molecule has 3 aromatic rings. The van der Waals surface area contributed by atoms with Gasteiger partial charge in [-0.2, -0.15) is 18.3 Å². The van der Waals surface area contributed by atoms with Crippen molar-refractivity contribution in [3.63, 3.8) is 0 Å². The predicted octanol–water partition coefficient (Wildman–Crippen LogP) is 6.69. The van der Waals surface area contributed by atoms with E-state index in [-0.39, 0.29) is 35.9 Å². The molecule has 1 aliphatic heterocycles. The maximum atomic E-state index is 13.5. The zero-order valence-electron chi connectivity index (χ0n) is 22.0. The Morgan fingerprint density at radius 3 is 2.45 bits per heavy atom. The molecule has 1 aliphatic rings. The smallest absolute Gasteiger partial charge is 0.416 e. The summed E-state index contributed by atoms with van der Waals surface area (Å²) in [5, 5.41) is 11.0. The van der Waals surface area contributed by atoms with Gasteiger partial charge in [0.1, 0.15) is 5.75 Å². The van der Waals surface area contributed by atoms with E-state index in [9.17, 15) is 18.0 Å². The topological polar surface area (TPSA) is 68.2 Å². The van der Waals surface area contributed by atoms with E-state index in [1.54, 1.807) is 24.3 Å². The van der Waals surface area contributed by atoms with E-state index in [0.717, 1.165) is 17.8 Å². The third-order valence-corrected chi connectivity index (χ3v) is 6.35. The van der Waals surface area contributed by atoms with Crippen LogP contribution in [0.4, 0.5) is 18.9 Å². The van der Waals surface area contributed by atoms with Crippen LogP contribution in [0.3, 0.4) is 0 Å². The Morgan fingerprint density at radius 2 is 1.82 bits per heavy atom. The van der Waals surface area contributed by atoms with Gasteiger partial charge in [-0.1, -0.05) is 24.3 Å². The molecule has 3 atom stereocenters. The molecule has 38 heavy (non-hydrogen) atoms. The summed E-state index contributed by atoms with van der Waals surface area (Å²) < 4.78 is 48.1. The second kappa shape index (κ2) is 11.4. The molecule has 6 nitrogen and oxygen atoms in total. The number of para-hydroxylation sites is 2. The highest BCUT2D eigenvalue weighted by molar-refractivity contribution is 5.96. The minimum Gasteiger partial charge on any atom is -0.489 e. The summed E-state index contributed by atoms with van der Waals surface area (Å²) in [5.74, 6) is -0.0294. The van der Waals surface area contributed by atoms with E-state index in [0.29, 0.717) is 23.4 Å². The van der Waals surface area contributed by atoms with Gasteiger partial charge in [0.05, 0.1) is 34.6 Å². The Hall–Kier alpha value is -3.04. The molecule has 0 spiro atoms. The van der Waals surface area contributed by atoms with Crippen molar-refractivity contribution in [2.45, 2.75) is 76.9 Å². The molecule has 1 aromatic heterocycles. The Morgan fingerprint density at radius 1 is 1.11 bits per heavy atom. The second-order valence-corrected chi connectivity index (χ2v) is 10.7. The Balaban J connectivity index is 0.00000400. The molecule has 2 N–H and O–H groups in total. The van der Waals surface area contributed by atoms with Crippen molar-refractivity contribution < 1.29 is 22.7 Å². The fraction of sp³-hybridized carbons (Fsp3) is 0.429. The van der Waals surface area contributed by atoms with Crippen LogP contribution in [0.15, 0.2) is 60.8 Å². The summed E-state index contributed by atoms with van der Waals surface area (Å²) in [5.41, 5.74) is 0.748. The largest absolute Gasteiger partial charge is 0.489 e. The molecule has 1 fully saturated rings. The molecule has 0 bridgehead atoms. The van der Waals surface area contributed by atoms with Crippen LogP contribution in [-0.2, 0) is 16.5 Å². The van der Waals surface area contributed by atoms with E-state index < -0.39 is 23.8 Å². The summed E-state index contributed by atoms with van der Waals surface area (Å²) in [7, 11) is 0. The van der Waals surface area contributed by atoms with Crippen molar-refractivity contribution >= 4 is 24.0 Å². The number of amides is 1. The number of halogens is 4. The lowest BCUT2D eigenvalue weighted by Crippen LogP contribution is -2.36. The van der Waals surface area contributed by atoms with E-state index in [1.165, 1.54) is 6.07 Å². The van der Waals surface area contributed by atoms with Gasteiger partial charge in [0.15, 0.2) is 0 Å². The van der Waals surface area contributed by atoms with Gasteiger partial charge in [0.2, 0.25) is 5.91 Å². The number of nitrogens with one attached hydrogen (secondary N) is 2. The Labute approximate surface area is 227 Å². The molecule has 0 radical (unpaired) electrons. The fourth-order valence-corrected chi connectivity index (χ4v) is 4.56. The third-order valence-electron chi connectivity index (χ3n) is 6.35. The van der Waals surface area contributed by atoms with Gasteiger partial charge in [-0.05, 0) is 76.9 Å². The van der Waals surface area contributed by atoms with Crippen LogP contribution < -0.4 is 15.4 Å². The minimum absolute atomic E-state index is 0. The summed E-state index contributed by atoms with van der Waals surface area (Å²) in [4.78, 5) is 13.4. The molecular weight excluding hydrogens is 517 g/mol. The molecule has 0 aliphatic carbocycles. The van der Waals surface area contributed by atoms with E-state index in [2.05, 4.69) is 10.6 Å². The van der Waals surface area contributed by atoms with Gasteiger partial charge >= 0.3 is 6.18 Å². The number of hydrogen-bond donors (Lipinski definition) is 2. The average molecular weight is 551 g/mol. The summed E-state index contributed by atoms with van der Waals surface area (Å²) in [6, 6.07) is 13.1. The van der Waals surface area contributed by atoms with Crippen molar-refractivity contribution in [3.05, 3.63) is 77.6 Å². The lowest BCUT2D eigenvalue weighted by Gasteiger charge is -2.21. The maximum Gasteiger partial charge on any atom is 0.416 e. The standard InChI is InChI=1S/C28H33F3N4O2.ClH/c1-17(2)37-24-12-7-6-11-22(24)33-26(36)23-16-20(21-13-14-35(34-21)27(3,4)5)25(32-23)18-9-8-10-19(15-18)28(29,30)31;/h6-15,17,20,23,25,32H,16H2,1-5H3,(H,33,36);1H/t20?,23-,25-;/m0./s1. The molecule has 1 saturated heterocycles. The Kier molecular flexibility index (Phi) is 8.83. The number of ether oxygens (including phenoxy) is 1. The lowest BCUT2D eigenvalue weighted by atomic mass is 9.90. The molecule has 1 amide bonds. The van der Waals surface area contributed by atoms with Gasteiger partial charge in [-0.25, -0.2) is 0 Å². The number of rotatable bonds is 6. The van der Waals surface area contributed by atoms with Crippen LogP contribution in [-0.4, -0.2) is 27.8 Å². The number of carbonyl (C=O) groups is 1. The van der Waals surface area contributed by atoms with Crippen molar-refractivity contribution in [2.24, 2.45) is 0 Å². The molecule has 0 saturated carbocycles. The van der Waals surface area contributed by atoms with Crippen molar-refractivity contribution in [2.75, 3.05) is 5.32 Å². The van der Waals surface area contributed by atoms with Crippen LogP contribution >= 0.6 is 12.4 Å². The van der Waals surface area contributed by atoms with Crippen LogP contribution in [0.2, 0.25) is 0 Å². The Bertz CT molecular complexity index is 1250. The average Bonchev–Trinajstić information content (AvgIpc) is 3.47. The van der Waals surface area contributed by atoms with Gasteiger partial charge in [-0.3, -0.25) is 14.8 Å². The number of hydrogen-bond acceptors (Lipinski definition) is 4. The molecular formula is C28H34ClF3N4O2. The number of alkyl halides is 3. The number of carbonyl (C=O) groups excluding carboxylic acids is 1. The number of anilines is 1. The minimum atomic E-state index is -4.46. The highest BCUT2D eigenvalue weighted by atomic mass is 35.5. The predicted molar refractivity (Wildman–Crippen MR) is 144 cm³/mol. The third kappa shape index (κ3) is 6.69. The number of aromatic nitrogens is 2. The fourth-order valence-electron chi connectivity index (χ4n) is 4.56. The van der Waals surface area contributed by atoms with E-state index >= 15 is 0 Å². The molecule has 4 rings (SSSR count). The van der Waals surface area contributed by atoms with Crippen LogP contribution in [0.5, 0.6) is 5.75 Å². The summed E-state index contributed by atoms with van der Waals surface area (Å²) in [6.45, 7) is 9.87. The first-order valence-electron chi connectivity index (χ1n) is 12.4. The van der Waals surface area contributed by atoms with Gasteiger partial charge in [0.25, 0.3) is 0 Å². The number of nitrogens with zero attached hydrogens (tertiary/aromatic N) is 2. The summed E-state index contributed by atoms with van der Waals surface area (Å²) >= 11 is 0. The second-order valence-electron chi connectivity index (χ2n) is 10.7. The molecule has 2 aromatic carbocycles. The van der Waals surface area contributed by atoms with Gasteiger partial charge in [-0.15, -0.1) is 12.4 Å². The van der Waals surface area contributed by atoms with Crippen LogP contribution in [0.25, 0.3) is 0 Å². The van der Waals surface area contributed by atoms with Crippen molar-refractivity contribution in [1.82, 2.24) is 15.1 Å². The highest BCUT2D eigenvalue weighted by Crippen LogP contribution is 2.42. The SMILES string of the molecule is CC(C)Oc1ccccc1NC(=O)[C@@H]1CC(c2ccn(C(C)(C)C)n2)[C@H](c2cccc(C(F)(F)F)c2)N1.Cl. The van der Waals surface area contributed by atoms with Crippen molar-refractivity contribution in [1.29, 1.82) is 0 Å². The monoisotopic (exact) mass is 550 g/mol. The highest BCUT2D eigenvalue weighted by Gasteiger charge is 2.41. The zero-order valence-corrected chi connectivity index (χ0v) is 22.9. The lowest BCUT2D eigenvalue weighted by molar-refractivity contribution is -0.137. The molecule has 1 unspecified atom stereocenters. The van der Waals surface area contributed by atoms with Crippen LogP contribution in [0, 0.1) is 0 Å².